The summed E-state index contributed by atoms with van der Waals surface area (Å²) in [6.07, 6.45) is 1.73. The highest BCUT2D eigenvalue weighted by Crippen LogP contribution is 2.31. The van der Waals surface area contributed by atoms with Gasteiger partial charge < -0.3 is 10.0 Å². The Kier molecular flexibility index (Phi) is 6.57. The molecule has 6 rings (SSSR count). The number of aryl methyl sites for hydroxylation is 1. The Morgan fingerprint density at radius 2 is 1.74 bits per heavy atom. The summed E-state index contributed by atoms with van der Waals surface area (Å²) >= 11 is 6.10. The molecule has 1 saturated heterocycles. The van der Waals surface area contributed by atoms with Gasteiger partial charge in [-0.25, -0.2) is 4.79 Å². The van der Waals surface area contributed by atoms with Gasteiger partial charge in [-0.2, -0.15) is 5.26 Å². The first-order valence-corrected chi connectivity index (χ1v) is 13.2. The van der Waals surface area contributed by atoms with Crippen LogP contribution in [0.2, 0.25) is 5.02 Å². The van der Waals surface area contributed by atoms with Crippen molar-refractivity contribution < 1.29 is 5.11 Å². The molecule has 196 valence electrons. The molecule has 1 N–H and O–H groups in total. The van der Waals surface area contributed by atoms with Crippen molar-refractivity contribution in [2.45, 2.75) is 0 Å². The molecule has 0 amide bonds. The lowest BCUT2D eigenvalue weighted by Gasteiger charge is -2.36. The fraction of sp³-hybridized carbons (Fsp3) is 0.233. The molecule has 9 heteroatoms. The molecular formula is C30H27ClN6O2. The summed E-state index contributed by atoms with van der Waals surface area (Å²) in [4.78, 5) is 22.6. The summed E-state index contributed by atoms with van der Waals surface area (Å²) in [6, 6.07) is 21.7. The Hall–Kier alpha value is -4.16. The number of β-amino-alcohol motifs (C(OH)–C–C–N with tert-alkyl or cyclic N) is 1. The van der Waals surface area contributed by atoms with Gasteiger partial charge in [0.15, 0.2) is 0 Å². The molecule has 0 bridgehead atoms. The van der Waals surface area contributed by atoms with Crippen molar-refractivity contribution in [1.29, 1.82) is 5.26 Å². The van der Waals surface area contributed by atoms with Crippen LogP contribution in [0.25, 0.3) is 38.8 Å². The number of imidazole rings is 1. The van der Waals surface area contributed by atoms with Gasteiger partial charge in [0, 0.05) is 50.2 Å². The first-order valence-electron chi connectivity index (χ1n) is 12.9. The summed E-state index contributed by atoms with van der Waals surface area (Å²) in [6.45, 7) is 3.99. The van der Waals surface area contributed by atoms with E-state index in [0.29, 0.717) is 28.3 Å². The lowest BCUT2D eigenvalue weighted by atomic mass is 10.0. The molecule has 1 aliphatic rings. The molecule has 39 heavy (non-hydrogen) atoms. The molecule has 3 aromatic carbocycles. The van der Waals surface area contributed by atoms with Crippen LogP contribution in [-0.2, 0) is 7.05 Å². The van der Waals surface area contributed by atoms with Gasteiger partial charge in [0.25, 0.3) is 0 Å². The van der Waals surface area contributed by atoms with Crippen molar-refractivity contribution in [3.8, 4) is 22.9 Å². The smallest absolute Gasteiger partial charge is 0.333 e. The number of aromatic nitrogens is 3. The second-order valence-electron chi connectivity index (χ2n) is 9.77. The van der Waals surface area contributed by atoms with Crippen LogP contribution >= 0.6 is 11.6 Å². The van der Waals surface area contributed by atoms with Crippen LogP contribution in [0.3, 0.4) is 0 Å². The summed E-state index contributed by atoms with van der Waals surface area (Å²) in [5, 5.41) is 20.8. The highest BCUT2D eigenvalue weighted by molar-refractivity contribution is 6.30. The number of pyridine rings is 1. The first kappa shape index (κ1) is 25.1. The minimum Gasteiger partial charge on any atom is -0.395 e. The standard InChI is InChI=1S/C30H27ClN6O2/c1-34-28-19-33-26-8-4-21(20-2-5-23(31)6-3-20)17-25(26)29(28)37(30(34)39)24-7-9-27(22(16-24)18-32)36-12-10-35(11-13-36)14-15-38/h2-9,16-17,19,38H,10-15H2,1H3. The Morgan fingerprint density at radius 3 is 2.46 bits per heavy atom. The normalized spacial score (nSPS) is 14.3. The van der Waals surface area contributed by atoms with Crippen LogP contribution in [0.15, 0.2) is 71.7 Å². The monoisotopic (exact) mass is 538 g/mol. The molecule has 0 saturated carbocycles. The zero-order chi connectivity index (χ0) is 27.1. The summed E-state index contributed by atoms with van der Waals surface area (Å²) < 4.78 is 3.27. The summed E-state index contributed by atoms with van der Waals surface area (Å²) in [5.41, 5.74) is 6.04. The largest absolute Gasteiger partial charge is 0.395 e. The van der Waals surface area contributed by atoms with Gasteiger partial charge in [0.1, 0.15) is 6.07 Å². The van der Waals surface area contributed by atoms with Crippen LogP contribution in [0.1, 0.15) is 5.56 Å². The number of benzene rings is 3. The van der Waals surface area contributed by atoms with Gasteiger partial charge in [-0.1, -0.05) is 29.8 Å². The van der Waals surface area contributed by atoms with E-state index in [1.54, 1.807) is 28.4 Å². The Balaban J connectivity index is 1.48. The number of piperazine rings is 1. The maximum Gasteiger partial charge on any atom is 0.333 e. The quantitative estimate of drug-likeness (QED) is 0.361. The number of fused-ring (bicyclic) bond motifs is 3. The first-order chi connectivity index (χ1) is 19.0. The molecule has 1 fully saturated rings. The van der Waals surface area contributed by atoms with E-state index in [1.807, 2.05) is 48.5 Å². The van der Waals surface area contributed by atoms with E-state index in [2.05, 4.69) is 26.9 Å². The van der Waals surface area contributed by atoms with Crippen LogP contribution in [0, 0.1) is 11.3 Å². The maximum atomic E-state index is 13.6. The van der Waals surface area contributed by atoms with Crippen LogP contribution in [0.5, 0.6) is 0 Å². The average Bonchev–Trinajstić information content (AvgIpc) is 3.23. The molecule has 0 atom stereocenters. The second kappa shape index (κ2) is 10.2. The maximum absolute atomic E-state index is 13.6. The zero-order valence-electron chi connectivity index (χ0n) is 21.5. The molecule has 0 radical (unpaired) electrons. The van der Waals surface area contributed by atoms with Crippen molar-refractivity contribution in [3.05, 3.63) is 87.9 Å². The number of nitrogens with zero attached hydrogens (tertiary/aromatic N) is 6. The number of nitriles is 1. The Morgan fingerprint density at radius 1 is 1.00 bits per heavy atom. The molecule has 2 aromatic heterocycles. The predicted molar refractivity (Wildman–Crippen MR) is 155 cm³/mol. The molecule has 0 unspecified atom stereocenters. The van der Waals surface area contributed by atoms with E-state index in [4.69, 9.17) is 11.6 Å². The van der Waals surface area contributed by atoms with E-state index in [0.717, 1.165) is 59.4 Å². The molecule has 5 aromatic rings. The number of halogens is 1. The molecule has 1 aliphatic heterocycles. The lowest BCUT2D eigenvalue weighted by molar-refractivity contribution is 0.189. The van der Waals surface area contributed by atoms with Gasteiger partial charge in [-0.3, -0.25) is 19.0 Å². The SMILES string of the molecule is Cn1c(=O)n(-c2ccc(N3CCN(CCO)CC3)c(C#N)c2)c2c3cc(-c4ccc(Cl)cc4)ccc3ncc21. The summed E-state index contributed by atoms with van der Waals surface area (Å²) in [7, 11) is 1.74. The van der Waals surface area contributed by atoms with Gasteiger partial charge in [-0.05, 0) is 53.6 Å². The van der Waals surface area contributed by atoms with Gasteiger partial charge in [0.2, 0.25) is 0 Å². The minimum absolute atomic E-state index is 0.142. The van der Waals surface area contributed by atoms with Gasteiger partial charge in [-0.15, -0.1) is 0 Å². The van der Waals surface area contributed by atoms with E-state index in [-0.39, 0.29) is 12.3 Å². The number of anilines is 1. The number of rotatable bonds is 5. The fourth-order valence-electron chi connectivity index (χ4n) is 5.44. The number of hydrogen-bond acceptors (Lipinski definition) is 6. The van der Waals surface area contributed by atoms with Crippen molar-refractivity contribution in [2.75, 3.05) is 44.2 Å². The van der Waals surface area contributed by atoms with Crippen LogP contribution in [0.4, 0.5) is 5.69 Å². The molecular weight excluding hydrogens is 512 g/mol. The number of hydrogen-bond donors (Lipinski definition) is 1. The highest BCUT2D eigenvalue weighted by atomic mass is 35.5. The average molecular weight is 539 g/mol. The zero-order valence-corrected chi connectivity index (χ0v) is 22.3. The third-order valence-corrected chi connectivity index (χ3v) is 7.80. The second-order valence-corrected chi connectivity index (χ2v) is 10.2. The van der Waals surface area contributed by atoms with E-state index >= 15 is 0 Å². The van der Waals surface area contributed by atoms with Gasteiger partial charge in [0.05, 0.1) is 46.3 Å². The van der Waals surface area contributed by atoms with Crippen molar-refractivity contribution >= 4 is 39.2 Å². The van der Waals surface area contributed by atoms with E-state index in [9.17, 15) is 15.2 Å². The van der Waals surface area contributed by atoms with Crippen LogP contribution in [-0.4, -0.2) is 63.5 Å². The van der Waals surface area contributed by atoms with Crippen molar-refractivity contribution in [2.24, 2.45) is 7.05 Å². The molecule has 8 nitrogen and oxygen atoms in total. The van der Waals surface area contributed by atoms with Gasteiger partial charge >= 0.3 is 5.69 Å². The van der Waals surface area contributed by atoms with E-state index in [1.165, 1.54) is 0 Å². The van der Waals surface area contributed by atoms with Crippen molar-refractivity contribution in [3.63, 3.8) is 0 Å². The lowest BCUT2D eigenvalue weighted by Crippen LogP contribution is -2.47. The van der Waals surface area contributed by atoms with Crippen LogP contribution < -0.4 is 10.6 Å². The highest BCUT2D eigenvalue weighted by Gasteiger charge is 2.21. The molecule has 3 heterocycles. The fourth-order valence-corrected chi connectivity index (χ4v) is 5.57. The Labute approximate surface area is 230 Å². The third-order valence-electron chi connectivity index (χ3n) is 7.55. The summed E-state index contributed by atoms with van der Waals surface area (Å²) in [5.74, 6) is 0. The van der Waals surface area contributed by atoms with E-state index < -0.39 is 0 Å². The predicted octanol–water partition coefficient (Wildman–Crippen LogP) is 4.18. The Bertz CT molecular complexity index is 1790. The topological polar surface area (TPSA) is 90.3 Å². The number of aliphatic hydroxyl groups excluding tert-OH is 1. The number of aliphatic hydroxyl groups is 1. The third kappa shape index (κ3) is 4.45. The molecule has 0 spiro atoms. The molecule has 0 aliphatic carbocycles. The minimum atomic E-state index is -0.203. The van der Waals surface area contributed by atoms with Crippen molar-refractivity contribution in [1.82, 2.24) is 19.0 Å².